The highest BCUT2D eigenvalue weighted by molar-refractivity contribution is 8.19. The molecule has 0 saturated heterocycles. The summed E-state index contributed by atoms with van der Waals surface area (Å²) in [5.74, 6) is 0.102. The first-order chi connectivity index (χ1) is 10.6. The number of carbonyl (C=O) groups is 1. The highest BCUT2D eigenvalue weighted by Crippen LogP contribution is 2.48. The largest absolute Gasteiger partial charge is 0.511 e. The van der Waals surface area contributed by atoms with E-state index in [0.717, 1.165) is 0 Å². The first-order valence-corrected chi connectivity index (χ1v) is 9.48. The number of oxime groups is 1. The van der Waals surface area contributed by atoms with E-state index in [0.29, 0.717) is 37.2 Å². The zero-order valence-corrected chi connectivity index (χ0v) is 14.7. The van der Waals surface area contributed by atoms with Crippen LogP contribution in [0.25, 0.3) is 0 Å². The smallest absolute Gasteiger partial charge is 0.168 e. The van der Waals surface area contributed by atoms with Crippen molar-refractivity contribution in [3.8, 4) is 0 Å². The van der Waals surface area contributed by atoms with Gasteiger partial charge in [-0.15, -0.1) is 11.8 Å². The van der Waals surface area contributed by atoms with Crippen LogP contribution in [0.4, 0.5) is 0 Å². The van der Waals surface area contributed by atoms with Gasteiger partial charge in [-0.2, -0.15) is 0 Å². The number of hydrogen-bond donors (Lipinski definition) is 2. The number of aliphatic hydroxyl groups excluding tert-OH is 1. The first-order valence-electron chi connectivity index (χ1n) is 7.38. The van der Waals surface area contributed by atoms with Crippen LogP contribution in [0.3, 0.4) is 0 Å². The Labute approximate surface area is 139 Å². The SMILES string of the molecule is CCON=C(CC)C1=C(O)CC(C2(SC)NC=CS2)CC1=O. The number of aliphatic hydroxyl groups is 1. The number of ketones is 1. The maximum Gasteiger partial charge on any atom is 0.168 e. The summed E-state index contributed by atoms with van der Waals surface area (Å²) in [4.78, 5) is 17.6. The molecule has 0 fully saturated rings. The van der Waals surface area contributed by atoms with Crippen molar-refractivity contribution >= 4 is 35.0 Å². The zero-order valence-electron chi connectivity index (χ0n) is 13.1. The Balaban J connectivity index is 2.25. The molecule has 0 aromatic heterocycles. The summed E-state index contributed by atoms with van der Waals surface area (Å²) >= 11 is 3.33. The molecular formula is C15H22N2O3S2. The van der Waals surface area contributed by atoms with E-state index in [1.165, 1.54) is 0 Å². The van der Waals surface area contributed by atoms with E-state index < -0.39 is 0 Å². The third-order valence-corrected chi connectivity index (χ3v) is 6.72. The first kappa shape index (κ1) is 17.3. The number of carbonyl (C=O) groups excluding carboxylic acids is 1. The molecule has 0 saturated carbocycles. The van der Waals surface area contributed by atoms with Crippen LogP contribution in [-0.4, -0.2) is 33.7 Å². The minimum absolute atomic E-state index is 0.0314. The van der Waals surface area contributed by atoms with E-state index >= 15 is 0 Å². The van der Waals surface area contributed by atoms with E-state index in [9.17, 15) is 9.90 Å². The fourth-order valence-electron chi connectivity index (χ4n) is 2.73. The number of nitrogens with zero attached hydrogens (tertiary/aromatic N) is 1. The number of nitrogens with one attached hydrogen (secondary N) is 1. The molecule has 2 N–H and O–H groups in total. The normalized spacial score (nSPS) is 29.0. The topological polar surface area (TPSA) is 70.9 Å². The molecule has 1 heterocycles. The van der Waals surface area contributed by atoms with E-state index in [-0.39, 0.29) is 21.7 Å². The van der Waals surface area contributed by atoms with Crippen molar-refractivity contribution in [3.63, 3.8) is 0 Å². The Morgan fingerprint density at radius 1 is 1.59 bits per heavy atom. The van der Waals surface area contributed by atoms with Gasteiger partial charge in [-0.05, 0) is 25.0 Å². The van der Waals surface area contributed by atoms with Crippen LogP contribution < -0.4 is 5.32 Å². The maximum absolute atomic E-state index is 12.6. The molecule has 2 unspecified atom stereocenters. The molecule has 0 radical (unpaired) electrons. The molecule has 2 atom stereocenters. The van der Waals surface area contributed by atoms with Crippen molar-refractivity contribution in [1.29, 1.82) is 0 Å². The summed E-state index contributed by atoms with van der Waals surface area (Å²) in [6.45, 7) is 4.18. The van der Waals surface area contributed by atoms with E-state index in [1.807, 2.05) is 31.7 Å². The highest BCUT2D eigenvalue weighted by Gasteiger charge is 2.44. The molecule has 7 heteroatoms. The van der Waals surface area contributed by atoms with E-state index in [4.69, 9.17) is 4.84 Å². The Morgan fingerprint density at radius 2 is 2.36 bits per heavy atom. The van der Waals surface area contributed by atoms with Crippen LogP contribution in [0.1, 0.15) is 33.1 Å². The fourth-order valence-corrected chi connectivity index (χ4v) is 4.80. The van der Waals surface area contributed by atoms with E-state index in [2.05, 4.69) is 10.5 Å². The van der Waals surface area contributed by atoms with Gasteiger partial charge in [-0.3, -0.25) is 4.79 Å². The predicted molar refractivity (Wildman–Crippen MR) is 92.9 cm³/mol. The van der Waals surface area contributed by atoms with Crippen LogP contribution in [-0.2, 0) is 9.63 Å². The van der Waals surface area contributed by atoms with Crippen molar-refractivity contribution in [3.05, 3.63) is 22.9 Å². The Hall–Kier alpha value is -1.08. The van der Waals surface area contributed by atoms with Gasteiger partial charge < -0.3 is 15.3 Å². The number of hydrogen-bond acceptors (Lipinski definition) is 7. The minimum atomic E-state index is -0.279. The molecule has 0 amide bonds. The van der Waals surface area contributed by atoms with Gasteiger partial charge in [0.1, 0.15) is 16.6 Å². The summed E-state index contributed by atoms with van der Waals surface area (Å²) < 4.78 is -0.279. The third kappa shape index (κ3) is 3.30. The maximum atomic E-state index is 12.6. The quantitative estimate of drug-likeness (QED) is 0.569. The van der Waals surface area contributed by atoms with Crippen LogP contribution in [0.15, 0.2) is 28.1 Å². The van der Waals surface area contributed by atoms with Crippen LogP contribution in [0, 0.1) is 5.92 Å². The van der Waals surface area contributed by atoms with Crippen molar-refractivity contribution in [2.45, 2.75) is 37.3 Å². The van der Waals surface area contributed by atoms with Gasteiger partial charge >= 0.3 is 0 Å². The van der Waals surface area contributed by atoms with Crippen LogP contribution >= 0.6 is 23.5 Å². The second-order valence-electron chi connectivity index (χ2n) is 5.10. The number of rotatable bonds is 6. The summed E-state index contributed by atoms with van der Waals surface area (Å²) in [7, 11) is 0. The lowest BCUT2D eigenvalue weighted by atomic mass is 9.84. The van der Waals surface area contributed by atoms with Gasteiger partial charge in [0.25, 0.3) is 0 Å². The lowest BCUT2D eigenvalue weighted by molar-refractivity contribution is -0.116. The average Bonchev–Trinajstić information content (AvgIpc) is 3.00. The number of Topliss-reactive ketones (excluding diaryl/α,β-unsaturated/α-hetero) is 1. The third-order valence-electron chi connectivity index (χ3n) is 3.80. The molecule has 2 aliphatic rings. The minimum Gasteiger partial charge on any atom is -0.511 e. The molecule has 5 nitrogen and oxygen atoms in total. The van der Waals surface area contributed by atoms with Gasteiger partial charge in [-0.25, -0.2) is 0 Å². The molecule has 2 rings (SSSR count). The van der Waals surface area contributed by atoms with Gasteiger partial charge in [-0.1, -0.05) is 23.8 Å². The molecule has 0 aromatic carbocycles. The second-order valence-corrected chi connectivity index (χ2v) is 7.56. The zero-order chi connectivity index (χ0) is 16.2. The summed E-state index contributed by atoms with van der Waals surface area (Å²) in [6, 6.07) is 0. The van der Waals surface area contributed by atoms with Crippen LogP contribution in [0.5, 0.6) is 0 Å². The number of thioether (sulfide) groups is 2. The van der Waals surface area contributed by atoms with Crippen molar-refractivity contribution in [2.24, 2.45) is 11.1 Å². The summed E-state index contributed by atoms with van der Waals surface area (Å²) in [5.41, 5.74) is 0.880. The lowest BCUT2D eigenvalue weighted by Gasteiger charge is -2.37. The van der Waals surface area contributed by atoms with Gasteiger partial charge in [0.2, 0.25) is 0 Å². The molecule has 1 aliphatic carbocycles. The molecule has 22 heavy (non-hydrogen) atoms. The summed E-state index contributed by atoms with van der Waals surface area (Å²) in [6.07, 6.45) is 5.33. The van der Waals surface area contributed by atoms with Crippen LogP contribution in [0.2, 0.25) is 0 Å². The molecule has 0 aromatic rings. The van der Waals surface area contributed by atoms with Gasteiger partial charge in [0.15, 0.2) is 5.78 Å². The van der Waals surface area contributed by atoms with Crippen molar-refractivity contribution < 1.29 is 14.7 Å². The van der Waals surface area contributed by atoms with Crippen molar-refractivity contribution in [2.75, 3.05) is 12.9 Å². The van der Waals surface area contributed by atoms with E-state index in [1.54, 1.807) is 23.5 Å². The standard InChI is InChI=1S/C15H22N2O3S2/c1-4-11(17-20-5-2)14-12(18)8-10(9-13(14)19)15(21-3)16-6-7-22-15/h6-7,10,16,18H,4-5,8-9H2,1-3H3. The number of allylic oxidation sites excluding steroid dienone is 2. The van der Waals surface area contributed by atoms with Gasteiger partial charge in [0, 0.05) is 25.0 Å². The molecule has 0 spiro atoms. The molecular weight excluding hydrogens is 320 g/mol. The monoisotopic (exact) mass is 342 g/mol. The Morgan fingerprint density at radius 3 is 2.86 bits per heavy atom. The highest BCUT2D eigenvalue weighted by atomic mass is 32.2. The molecule has 0 bridgehead atoms. The lowest BCUT2D eigenvalue weighted by Crippen LogP contribution is -2.43. The Bertz CT molecular complexity index is 521. The second kappa shape index (κ2) is 7.46. The molecule has 1 aliphatic heterocycles. The fraction of sp³-hybridized carbons (Fsp3) is 0.600. The van der Waals surface area contributed by atoms with Crippen molar-refractivity contribution in [1.82, 2.24) is 5.32 Å². The van der Waals surface area contributed by atoms with Gasteiger partial charge in [0.05, 0.1) is 11.3 Å². The molecule has 122 valence electrons. The predicted octanol–water partition coefficient (Wildman–Crippen LogP) is 3.40. The summed E-state index contributed by atoms with van der Waals surface area (Å²) in [5, 5.41) is 19.7. The Kier molecular flexibility index (Phi) is 5.86. The average molecular weight is 342 g/mol.